The molecule has 2 rings (SSSR count). The molecule has 7 heteroatoms. The Bertz CT molecular complexity index is 600. The number of primary amides is 1. The van der Waals surface area contributed by atoms with E-state index in [9.17, 15) is 18.8 Å². The van der Waals surface area contributed by atoms with Gasteiger partial charge < -0.3 is 10.5 Å². The summed E-state index contributed by atoms with van der Waals surface area (Å²) < 4.78 is 19.2. The van der Waals surface area contributed by atoms with E-state index in [0.29, 0.717) is 0 Å². The molecule has 1 heterocycles. The molecule has 0 radical (unpaired) electrons. The molecule has 0 aromatic heterocycles. The molecule has 1 aromatic carbocycles. The molecule has 1 atom stereocenters. The number of carbonyl (C=O) groups is 3. The molecule has 0 aliphatic carbocycles. The van der Waals surface area contributed by atoms with Crippen molar-refractivity contribution >= 4 is 17.7 Å². The first-order chi connectivity index (χ1) is 9.43. The summed E-state index contributed by atoms with van der Waals surface area (Å²) in [5, 5.41) is 2.14. The molecule has 3 N–H and O–H groups in total. The van der Waals surface area contributed by atoms with E-state index < -0.39 is 29.5 Å². The summed E-state index contributed by atoms with van der Waals surface area (Å²) in [6.07, 6.45) is 0.284. The Balaban J connectivity index is 2.50. The lowest BCUT2D eigenvalue weighted by molar-refractivity contribution is -0.134. The minimum Gasteiger partial charge on any atom is -0.497 e. The molecule has 20 heavy (non-hydrogen) atoms. The van der Waals surface area contributed by atoms with E-state index in [4.69, 9.17) is 10.5 Å². The Labute approximate surface area is 114 Å². The number of benzene rings is 1. The average molecular weight is 280 g/mol. The third-order valence-corrected chi connectivity index (χ3v) is 3.19. The lowest BCUT2D eigenvalue weighted by Gasteiger charge is -2.22. The number of nitrogens with two attached hydrogens (primary N) is 1. The molecule has 3 amide bonds. The fourth-order valence-corrected chi connectivity index (χ4v) is 2.16. The fourth-order valence-electron chi connectivity index (χ4n) is 2.16. The van der Waals surface area contributed by atoms with Gasteiger partial charge >= 0.3 is 0 Å². The number of piperidine rings is 1. The van der Waals surface area contributed by atoms with Crippen LogP contribution in [0.5, 0.6) is 5.75 Å². The van der Waals surface area contributed by atoms with Crippen LogP contribution >= 0.6 is 0 Å². The minimum absolute atomic E-state index is 0.00292. The number of hydrogen-bond acceptors (Lipinski definition) is 4. The van der Waals surface area contributed by atoms with Crippen molar-refractivity contribution in [3.8, 4) is 5.75 Å². The number of methoxy groups -OCH3 is 1. The van der Waals surface area contributed by atoms with Crippen LogP contribution in [-0.2, 0) is 9.59 Å². The fraction of sp³-hybridized carbons (Fsp3) is 0.308. The highest BCUT2D eigenvalue weighted by molar-refractivity contribution is 6.01. The van der Waals surface area contributed by atoms with E-state index in [1.807, 2.05) is 0 Å². The number of rotatable bonds is 3. The third kappa shape index (κ3) is 2.47. The summed E-state index contributed by atoms with van der Waals surface area (Å²) >= 11 is 0. The summed E-state index contributed by atoms with van der Waals surface area (Å²) in [5.74, 6) is -3.42. The van der Waals surface area contributed by atoms with Crippen LogP contribution in [0.1, 0.15) is 34.7 Å². The second-order valence-electron chi connectivity index (χ2n) is 4.45. The molecule has 6 nitrogen and oxygen atoms in total. The third-order valence-electron chi connectivity index (χ3n) is 3.19. The van der Waals surface area contributed by atoms with Crippen molar-refractivity contribution in [1.29, 1.82) is 0 Å². The van der Waals surface area contributed by atoms with Gasteiger partial charge in [-0.1, -0.05) is 0 Å². The van der Waals surface area contributed by atoms with Crippen molar-refractivity contribution in [2.75, 3.05) is 7.11 Å². The van der Waals surface area contributed by atoms with Gasteiger partial charge in [-0.05, 0) is 18.6 Å². The molecule has 1 aromatic rings. The molecule has 1 aliphatic rings. The van der Waals surface area contributed by atoms with Gasteiger partial charge in [0.15, 0.2) is 0 Å². The first-order valence-electron chi connectivity index (χ1n) is 5.95. The van der Waals surface area contributed by atoms with Gasteiger partial charge in [0.25, 0.3) is 5.91 Å². The van der Waals surface area contributed by atoms with Crippen LogP contribution in [0, 0.1) is 5.82 Å². The van der Waals surface area contributed by atoms with Crippen molar-refractivity contribution in [2.45, 2.75) is 18.8 Å². The smallest absolute Gasteiger partial charge is 0.251 e. The van der Waals surface area contributed by atoms with Crippen molar-refractivity contribution in [1.82, 2.24) is 5.32 Å². The summed E-state index contributed by atoms with van der Waals surface area (Å²) in [6.45, 7) is 0. The van der Waals surface area contributed by atoms with Gasteiger partial charge in [0, 0.05) is 12.0 Å². The zero-order chi connectivity index (χ0) is 14.9. The molecule has 0 saturated carbocycles. The molecule has 1 fully saturated rings. The van der Waals surface area contributed by atoms with Gasteiger partial charge in [0.05, 0.1) is 18.6 Å². The van der Waals surface area contributed by atoms with Crippen molar-refractivity contribution in [2.24, 2.45) is 5.73 Å². The van der Waals surface area contributed by atoms with E-state index in [2.05, 4.69) is 5.32 Å². The molecule has 1 aliphatic heterocycles. The second kappa shape index (κ2) is 5.28. The van der Waals surface area contributed by atoms with Crippen LogP contribution in [0.25, 0.3) is 0 Å². The van der Waals surface area contributed by atoms with E-state index in [0.717, 1.165) is 0 Å². The topological polar surface area (TPSA) is 98.5 Å². The van der Waals surface area contributed by atoms with Gasteiger partial charge in [-0.25, -0.2) is 4.39 Å². The Hall–Kier alpha value is -2.44. The van der Waals surface area contributed by atoms with Crippen LogP contribution in [0.4, 0.5) is 4.39 Å². The zero-order valence-electron chi connectivity index (χ0n) is 10.7. The predicted molar refractivity (Wildman–Crippen MR) is 66.6 cm³/mol. The quantitative estimate of drug-likeness (QED) is 0.785. The van der Waals surface area contributed by atoms with Gasteiger partial charge in [0.1, 0.15) is 11.6 Å². The zero-order valence-corrected chi connectivity index (χ0v) is 10.7. The van der Waals surface area contributed by atoms with Crippen LogP contribution in [0.3, 0.4) is 0 Å². The number of nitrogens with one attached hydrogen (secondary N) is 1. The largest absolute Gasteiger partial charge is 0.497 e. The Morgan fingerprint density at radius 3 is 2.70 bits per heavy atom. The van der Waals surface area contributed by atoms with Gasteiger partial charge in [-0.15, -0.1) is 0 Å². The van der Waals surface area contributed by atoms with Crippen LogP contribution < -0.4 is 15.8 Å². The Morgan fingerprint density at radius 1 is 1.45 bits per heavy atom. The SMILES string of the molecule is COc1cc(C(N)=O)c(F)c(C2CCC(=O)NC2=O)c1. The van der Waals surface area contributed by atoms with Crippen LogP contribution in [0.2, 0.25) is 0 Å². The highest BCUT2D eigenvalue weighted by Gasteiger charge is 2.31. The van der Waals surface area contributed by atoms with E-state index in [1.54, 1.807) is 0 Å². The summed E-state index contributed by atoms with van der Waals surface area (Å²) in [4.78, 5) is 34.1. The lowest BCUT2D eigenvalue weighted by atomic mass is 9.88. The normalized spacial score (nSPS) is 18.6. The number of amides is 3. The minimum atomic E-state index is -0.949. The molecule has 1 saturated heterocycles. The summed E-state index contributed by atoms with van der Waals surface area (Å²) in [6, 6.07) is 2.51. The lowest BCUT2D eigenvalue weighted by Crippen LogP contribution is -2.39. The molecule has 0 spiro atoms. The second-order valence-corrected chi connectivity index (χ2v) is 4.45. The van der Waals surface area contributed by atoms with Crippen molar-refractivity contribution < 1.29 is 23.5 Å². The maximum Gasteiger partial charge on any atom is 0.251 e. The van der Waals surface area contributed by atoms with Crippen molar-refractivity contribution in [3.63, 3.8) is 0 Å². The van der Waals surface area contributed by atoms with Gasteiger partial charge in [-0.3, -0.25) is 19.7 Å². The molecule has 0 bridgehead atoms. The van der Waals surface area contributed by atoms with E-state index >= 15 is 0 Å². The number of halogens is 1. The highest BCUT2D eigenvalue weighted by atomic mass is 19.1. The highest BCUT2D eigenvalue weighted by Crippen LogP contribution is 2.31. The maximum atomic E-state index is 14.3. The number of ether oxygens (including phenoxy) is 1. The maximum absolute atomic E-state index is 14.3. The van der Waals surface area contributed by atoms with E-state index in [-0.39, 0.29) is 29.7 Å². The van der Waals surface area contributed by atoms with Crippen LogP contribution in [0.15, 0.2) is 12.1 Å². The predicted octanol–water partition coefficient (Wildman–Crippen LogP) is 0.453. The molecular formula is C13H13FN2O4. The van der Waals surface area contributed by atoms with E-state index in [1.165, 1.54) is 19.2 Å². The van der Waals surface area contributed by atoms with Crippen LogP contribution in [-0.4, -0.2) is 24.8 Å². The standard InChI is InChI=1S/C13H13FN2O4/c1-20-6-4-8(11(14)9(5-6)12(15)18)7-2-3-10(17)16-13(7)19/h4-5,7H,2-3H2,1H3,(H2,15,18)(H,16,17,19). The molecule has 1 unspecified atom stereocenters. The Kier molecular flexibility index (Phi) is 3.69. The first-order valence-corrected chi connectivity index (χ1v) is 5.95. The average Bonchev–Trinajstić information content (AvgIpc) is 2.39. The van der Waals surface area contributed by atoms with Crippen molar-refractivity contribution in [3.05, 3.63) is 29.1 Å². The molecule has 106 valence electrons. The number of hydrogen-bond donors (Lipinski definition) is 2. The monoisotopic (exact) mass is 280 g/mol. The first kappa shape index (κ1) is 14.0. The number of carbonyl (C=O) groups excluding carboxylic acids is 3. The summed E-state index contributed by atoms with van der Waals surface area (Å²) in [7, 11) is 1.35. The van der Waals surface area contributed by atoms with Gasteiger partial charge in [0.2, 0.25) is 11.8 Å². The Morgan fingerprint density at radius 2 is 2.15 bits per heavy atom. The molecular weight excluding hydrogens is 267 g/mol. The summed E-state index contributed by atoms with van der Waals surface area (Å²) in [5.41, 5.74) is 4.76. The number of imide groups is 1. The van der Waals surface area contributed by atoms with Gasteiger partial charge in [-0.2, -0.15) is 0 Å².